The molecule has 21 heavy (non-hydrogen) atoms. The molecule has 0 fully saturated rings. The van der Waals surface area contributed by atoms with Crippen LogP contribution in [0.5, 0.6) is 0 Å². The molecule has 0 heterocycles. The van der Waals surface area contributed by atoms with Gasteiger partial charge < -0.3 is 11.1 Å². The summed E-state index contributed by atoms with van der Waals surface area (Å²) >= 11 is 2.94. The number of nitrogens with two attached hydrogens (primary N) is 1. The van der Waals surface area contributed by atoms with Gasteiger partial charge in [0.2, 0.25) is 0 Å². The van der Waals surface area contributed by atoms with Crippen molar-refractivity contribution < 1.29 is 22.0 Å². The smallest absolute Gasteiger partial charge is 0.397 e. The highest BCUT2D eigenvalue weighted by Gasteiger charge is 2.34. The number of alkyl halides is 3. The third-order valence-corrected chi connectivity index (χ3v) is 3.25. The average molecular weight is 367 g/mol. The molecule has 8 heteroatoms. The van der Waals surface area contributed by atoms with Crippen molar-refractivity contribution in [3.05, 3.63) is 52.0 Å². The van der Waals surface area contributed by atoms with Crippen LogP contribution in [0, 0.1) is 11.6 Å². The first-order valence-corrected chi connectivity index (χ1v) is 6.36. The summed E-state index contributed by atoms with van der Waals surface area (Å²) in [6.45, 7) is 0. The Morgan fingerprint density at radius 3 is 2.29 bits per heavy atom. The molecule has 0 aliphatic carbocycles. The van der Waals surface area contributed by atoms with Crippen LogP contribution in [0.3, 0.4) is 0 Å². The molecule has 0 atom stereocenters. The molecule has 2 aromatic carbocycles. The fourth-order valence-corrected chi connectivity index (χ4v) is 1.99. The van der Waals surface area contributed by atoms with Crippen LogP contribution in [-0.2, 0) is 6.18 Å². The molecule has 2 aromatic rings. The Morgan fingerprint density at radius 2 is 1.67 bits per heavy atom. The normalized spacial score (nSPS) is 11.5. The van der Waals surface area contributed by atoms with Gasteiger partial charge in [-0.25, -0.2) is 8.78 Å². The van der Waals surface area contributed by atoms with Crippen LogP contribution in [0.15, 0.2) is 34.8 Å². The van der Waals surface area contributed by atoms with Crippen LogP contribution in [0.2, 0.25) is 0 Å². The van der Waals surface area contributed by atoms with Crippen molar-refractivity contribution in [2.24, 2.45) is 0 Å². The van der Waals surface area contributed by atoms with Gasteiger partial charge in [-0.15, -0.1) is 0 Å². The van der Waals surface area contributed by atoms with E-state index >= 15 is 0 Å². The molecule has 0 aliphatic heterocycles. The zero-order valence-electron chi connectivity index (χ0n) is 10.2. The van der Waals surface area contributed by atoms with E-state index in [1.54, 1.807) is 0 Å². The maximum Gasteiger partial charge on any atom is 0.419 e. The predicted octanol–water partition coefficient (Wildman–Crippen LogP) is 5.07. The van der Waals surface area contributed by atoms with Gasteiger partial charge in [0, 0.05) is 11.8 Å². The minimum atomic E-state index is -4.81. The molecular formula is C13H8BrF5N2. The van der Waals surface area contributed by atoms with Crippen LogP contribution in [0.25, 0.3) is 0 Å². The number of hydrogen-bond acceptors (Lipinski definition) is 2. The molecule has 0 saturated carbocycles. The van der Waals surface area contributed by atoms with Crippen LogP contribution >= 0.6 is 15.9 Å². The molecule has 112 valence electrons. The van der Waals surface area contributed by atoms with E-state index < -0.39 is 23.4 Å². The number of benzene rings is 2. The van der Waals surface area contributed by atoms with E-state index in [9.17, 15) is 22.0 Å². The highest BCUT2D eigenvalue weighted by molar-refractivity contribution is 9.10. The summed E-state index contributed by atoms with van der Waals surface area (Å²) in [4.78, 5) is 0. The second kappa shape index (κ2) is 5.51. The van der Waals surface area contributed by atoms with Crippen molar-refractivity contribution in [1.29, 1.82) is 0 Å². The largest absolute Gasteiger partial charge is 0.419 e. The van der Waals surface area contributed by atoms with Gasteiger partial charge in [0.25, 0.3) is 0 Å². The number of anilines is 3. The lowest BCUT2D eigenvalue weighted by Crippen LogP contribution is -2.09. The van der Waals surface area contributed by atoms with Gasteiger partial charge in [-0.05, 0) is 40.2 Å². The standard InChI is InChI=1S/C13H8BrF5N2/c14-8-4-12(11(20)5-10(8)16)21-6-1-2-9(15)7(3-6)13(17,18)19/h1-5,21H,20H2. The first-order chi connectivity index (χ1) is 9.68. The Morgan fingerprint density at radius 1 is 1.00 bits per heavy atom. The third kappa shape index (κ3) is 3.44. The molecule has 0 amide bonds. The Labute approximate surface area is 124 Å². The minimum absolute atomic E-state index is 0.00795. The van der Waals surface area contributed by atoms with E-state index in [0.29, 0.717) is 12.1 Å². The molecule has 0 radical (unpaired) electrons. The van der Waals surface area contributed by atoms with E-state index in [1.165, 1.54) is 6.07 Å². The van der Waals surface area contributed by atoms with E-state index in [0.717, 1.165) is 12.1 Å². The number of nitrogens with one attached hydrogen (secondary N) is 1. The van der Waals surface area contributed by atoms with Crippen LogP contribution in [0.4, 0.5) is 39.0 Å². The molecule has 0 aliphatic rings. The van der Waals surface area contributed by atoms with Crippen LogP contribution < -0.4 is 11.1 Å². The first-order valence-electron chi connectivity index (χ1n) is 5.57. The molecule has 0 aromatic heterocycles. The molecule has 2 nitrogen and oxygen atoms in total. The second-order valence-electron chi connectivity index (χ2n) is 4.17. The molecule has 0 spiro atoms. The van der Waals surface area contributed by atoms with Gasteiger partial charge in [-0.2, -0.15) is 13.2 Å². The maximum atomic E-state index is 13.2. The Hall–Kier alpha value is -1.83. The van der Waals surface area contributed by atoms with Gasteiger partial charge in [-0.3, -0.25) is 0 Å². The van der Waals surface area contributed by atoms with Crippen LogP contribution in [0.1, 0.15) is 5.56 Å². The van der Waals surface area contributed by atoms with E-state index in [-0.39, 0.29) is 21.5 Å². The Balaban J connectivity index is 2.39. The number of rotatable bonds is 2. The quantitative estimate of drug-likeness (QED) is 0.575. The zero-order chi connectivity index (χ0) is 15.8. The van der Waals surface area contributed by atoms with Crippen molar-refractivity contribution in [3.8, 4) is 0 Å². The van der Waals surface area contributed by atoms with E-state index in [4.69, 9.17) is 5.73 Å². The Kier molecular flexibility index (Phi) is 4.08. The number of hydrogen-bond donors (Lipinski definition) is 2. The molecular weight excluding hydrogens is 359 g/mol. The third-order valence-electron chi connectivity index (χ3n) is 2.64. The Bertz CT molecular complexity index is 685. The summed E-state index contributed by atoms with van der Waals surface area (Å²) in [6, 6.07) is 4.73. The maximum absolute atomic E-state index is 13.2. The number of nitrogen functional groups attached to an aromatic ring is 1. The summed E-state index contributed by atoms with van der Waals surface area (Å²) in [5, 5.41) is 2.59. The van der Waals surface area contributed by atoms with E-state index in [2.05, 4.69) is 21.2 Å². The predicted molar refractivity (Wildman–Crippen MR) is 73.2 cm³/mol. The summed E-state index contributed by atoms with van der Waals surface area (Å²) in [5.74, 6) is -1.98. The lowest BCUT2D eigenvalue weighted by Gasteiger charge is -2.13. The van der Waals surface area contributed by atoms with Gasteiger partial charge in [0.15, 0.2) is 0 Å². The molecule has 3 N–H and O–H groups in total. The lowest BCUT2D eigenvalue weighted by atomic mass is 10.1. The first kappa shape index (κ1) is 15.6. The highest BCUT2D eigenvalue weighted by atomic mass is 79.9. The van der Waals surface area contributed by atoms with Crippen molar-refractivity contribution >= 4 is 33.0 Å². The van der Waals surface area contributed by atoms with Gasteiger partial charge in [0.05, 0.1) is 21.4 Å². The second-order valence-corrected chi connectivity index (χ2v) is 5.03. The zero-order valence-corrected chi connectivity index (χ0v) is 11.8. The van der Waals surface area contributed by atoms with Crippen molar-refractivity contribution in [1.82, 2.24) is 0 Å². The average Bonchev–Trinajstić information content (AvgIpc) is 2.37. The van der Waals surface area contributed by atoms with Crippen molar-refractivity contribution in [2.45, 2.75) is 6.18 Å². The summed E-state index contributed by atoms with van der Waals surface area (Å²) in [6.07, 6.45) is -4.81. The van der Waals surface area contributed by atoms with Gasteiger partial charge in [-0.1, -0.05) is 0 Å². The van der Waals surface area contributed by atoms with Gasteiger partial charge in [0.1, 0.15) is 11.6 Å². The van der Waals surface area contributed by atoms with Crippen molar-refractivity contribution in [3.63, 3.8) is 0 Å². The van der Waals surface area contributed by atoms with Gasteiger partial charge >= 0.3 is 6.18 Å². The highest BCUT2D eigenvalue weighted by Crippen LogP contribution is 2.35. The summed E-state index contributed by atoms with van der Waals surface area (Å²) in [7, 11) is 0. The molecule has 2 rings (SSSR count). The summed E-state index contributed by atoms with van der Waals surface area (Å²) < 4.78 is 64.3. The fraction of sp³-hybridized carbons (Fsp3) is 0.0769. The fourth-order valence-electron chi connectivity index (χ4n) is 1.65. The minimum Gasteiger partial charge on any atom is -0.397 e. The summed E-state index contributed by atoms with van der Waals surface area (Å²) in [5.41, 5.74) is 4.36. The van der Waals surface area contributed by atoms with Crippen LogP contribution in [-0.4, -0.2) is 0 Å². The molecule has 0 unspecified atom stereocenters. The monoisotopic (exact) mass is 366 g/mol. The SMILES string of the molecule is Nc1cc(F)c(Br)cc1Nc1ccc(F)c(C(F)(F)F)c1. The topological polar surface area (TPSA) is 38.0 Å². The van der Waals surface area contributed by atoms with Crippen molar-refractivity contribution in [2.75, 3.05) is 11.1 Å². The lowest BCUT2D eigenvalue weighted by molar-refractivity contribution is -0.139. The van der Waals surface area contributed by atoms with E-state index in [1.807, 2.05) is 0 Å². The molecule has 0 saturated heterocycles. The molecule has 0 bridgehead atoms. The number of halogens is 6.